The van der Waals surface area contributed by atoms with Crippen LogP contribution in [0.5, 0.6) is 0 Å². The fourth-order valence-electron chi connectivity index (χ4n) is 2.42. The summed E-state index contributed by atoms with van der Waals surface area (Å²) in [7, 11) is 2.23. The van der Waals surface area contributed by atoms with Crippen molar-refractivity contribution in [2.75, 3.05) is 20.1 Å². The Hall–Kier alpha value is -0.0400. The van der Waals surface area contributed by atoms with E-state index >= 15 is 0 Å². The molecule has 0 saturated carbocycles. The molecule has 1 heteroatoms. The average Bonchev–Trinajstić information content (AvgIpc) is 1.94. The molecule has 1 rings (SSSR count). The normalized spacial score (nSPS) is 22.4. The summed E-state index contributed by atoms with van der Waals surface area (Å²) in [5.41, 5.74) is 0.652. The second-order valence-corrected chi connectivity index (χ2v) is 5.62. The Kier molecular flexibility index (Phi) is 3.39. The Balaban J connectivity index is 2.41. The number of likely N-dealkylation sites (tertiary alicyclic amines) is 1. The van der Waals surface area contributed by atoms with Gasteiger partial charge in [0.2, 0.25) is 0 Å². The molecule has 0 aromatic carbocycles. The predicted octanol–water partition coefficient (Wildman–Crippen LogP) is 3.01. The molecule has 0 aliphatic carbocycles. The lowest BCUT2D eigenvalue weighted by Gasteiger charge is -2.52. The summed E-state index contributed by atoms with van der Waals surface area (Å²) >= 11 is 0. The van der Waals surface area contributed by atoms with Crippen molar-refractivity contribution in [2.45, 2.75) is 40.5 Å². The lowest BCUT2D eigenvalue weighted by Crippen LogP contribution is -2.57. The van der Waals surface area contributed by atoms with Crippen molar-refractivity contribution in [3.63, 3.8) is 0 Å². The van der Waals surface area contributed by atoms with Crippen LogP contribution in [0.25, 0.3) is 0 Å². The molecule has 13 heavy (non-hydrogen) atoms. The van der Waals surface area contributed by atoms with Gasteiger partial charge in [0.25, 0.3) is 0 Å². The predicted molar refractivity (Wildman–Crippen MR) is 58.8 cm³/mol. The lowest BCUT2D eigenvalue weighted by atomic mass is 9.67. The van der Waals surface area contributed by atoms with Crippen molar-refractivity contribution < 1.29 is 0 Å². The second-order valence-electron chi connectivity index (χ2n) is 5.62. The van der Waals surface area contributed by atoms with Crippen molar-refractivity contribution in [3.05, 3.63) is 0 Å². The molecule has 0 aromatic heterocycles. The molecule has 1 nitrogen and oxygen atoms in total. The highest BCUT2D eigenvalue weighted by atomic mass is 15.2. The monoisotopic (exact) mass is 183 g/mol. The molecule has 1 saturated heterocycles. The SMILES string of the molecule is CC(C)CCC1(C(C)C)CN(C)C1. The summed E-state index contributed by atoms with van der Waals surface area (Å²) in [6.45, 7) is 12.1. The Labute approximate surface area is 83.5 Å². The van der Waals surface area contributed by atoms with E-state index in [1.807, 2.05) is 0 Å². The zero-order chi connectivity index (χ0) is 10.1. The minimum Gasteiger partial charge on any atom is -0.305 e. The lowest BCUT2D eigenvalue weighted by molar-refractivity contribution is -0.0291. The van der Waals surface area contributed by atoms with E-state index in [4.69, 9.17) is 0 Å². The van der Waals surface area contributed by atoms with Gasteiger partial charge < -0.3 is 4.90 Å². The van der Waals surface area contributed by atoms with Gasteiger partial charge in [0.05, 0.1) is 0 Å². The first-order chi connectivity index (χ1) is 5.96. The van der Waals surface area contributed by atoms with E-state index in [2.05, 4.69) is 39.6 Å². The number of hydrogen-bond acceptors (Lipinski definition) is 1. The van der Waals surface area contributed by atoms with Crippen LogP contribution in [0.3, 0.4) is 0 Å². The maximum Gasteiger partial charge on any atom is 0.00499 e. The fraction of sp³-hybridized carbons (Fsp3) is 1.00. The largest absolute Gasteiger partial charge is 0.305 e. The number of rotatable bonds is 4. The van der Waals surface area contributed by atoms with Crippen molar-refractivity contribution in [2.24, 2.45) is 17.3 Å². The molecule has 0 N–H and O–H groups in total. The Morgan fingerprint density at radius 2 is 1.69 bits per heavy atom. The summed E-state index contributed by atoms with van der Waals surface area (Å²) in [5, 5.41) is 0. The summed E-state index contributed by atoms with van der Waals surface area (Å²) < 4.78 is 0. The summed E-state index contributed by atoms with van der Waals surface area (Å²) in [4.78, 5) is 2.44. The molecule has 0 spiro atoms. The fourth-order valence-corrected chi connectivity index (χ4v) is 2.42. The highest BCUT2D eigenvalue weighted by molar-refractivity contribution is 4.95. The minimum atomic E-state index is 0.652. The maximum atomic E-state index is 2.44. The van der Waals surface area contributed by atoms with Gasteiger partial charge in [-0.05, 0) is 30.7 Å². The van der Waals surface area contributed by atoms with Gasteiger partial charge in [0, 0.05) is 13.1 Å². The highest BCUT2D eigenvalue weighted by Crippen LogP contribution is 2.41. The Bertz CT molecular complexity index is 155. The molecule has 0 radical (unpaired) electrons. The van der Waals surface area contributed by atoms with E-state index in [-0.39, 0.29) is 0 Å². The molecule has 1 heterocycles. The molecular weight excluding hydrogens is 158 g/mol. The van der Waals surface area contributed by atoms with Gasteiger partial charge in [0.1, 0.15) is 0 Å². The van der Waals surface area contributed by atoms with Gasteiger partial charge in [-0.3, -0.25) is 0 Å². The third-order valence-electron chi connectivity index (χ3n) is 3.61. The molecule has 0 unspecified atom stereocenters. The first-order valence-corrected chi connectivity index (χ1v) is 5.65. The Morgan fingerprint density at radius 1 is 1.15 bits per heavy atom. The van der Waals surface area contributed by atoms with E-state index in [1.54, 1.807) is 0 Å². The molecular formula is C12H25N. The summed E-state index contributed by atoms with van der Waals surface area (Å²) in [6, 6.07) is 0. The third-order valence-corrected chi connectivity index (χ3v) is 3.61. The molecule has 1 aliphatic heterocycles. The van der Waals surface area contributed by atoms with Crippen molar-refractivity contribution in [1.82, 2.24) is 4.90 Å². The van der Waals surface area contributed by atoms with Crippen LogP contribution in [-0.4, -0.2) is 25.0 Å². The van der Waals surface area contributed by atoms with E-state index in [9.17, 15) is 0 Å². The van der Waals surface area contributed by atoms with Gasteiger partial charge in [-0.15, -0.1) is 0 Å². The molecule has 0 aromatic rings. The van der Waals surface area contributed by atoms with Crippen LogP contribution in [0.1, 0.15) is 40.5 Å². The number of nitrogens with zero attached hydrogens (tertiary/aromatic N) is 1. The van der Waals surface area contributed by atoms with Crippen LogP contribution in [-0.2, 0) is 0 Å². The topological polar surface area (TPSA) is 3.24 Å². The summed E-state index contributed by atoms with van der Waals surface area (Å²) in [5.74, 6) is 1.71. The first-order valence-electron chi connectivity index (χ1n) is 5.65. The first kappa shape index (κ1) is 11.0. The van der Waals surface area contributed by atoms with E-state index in [0.29, 0.717) is 5.41 Å². The Morgan fingerprint density at radius 3 is 2.00 bits per heavy atom. The van der Waals surface area contributed by atoms with Gasteiger partial charge >= 0.3 is 0 Å². The third kappa shape index (κ3) is 2.46. The van der Waals surface area contributed by atoms with Crippen LogP contribution < -0.4 is 0 Å². The minimum absolute atomic E-state index is 0.652. The highest BCUT2D eigenvalue weighted by Gasteiger charge is 2.42. The standard InChI is InChI=1S/C12H25N/c1-10(2)6-7-12(11(3)4)8-13(5)9-12/h10-11H,6-9H2,1-5H3. The maximum absolute atomic E-state index is 2.44. The number of hydrogen-bond donors (Lipinski definition) is 0. The van der Waals surface area contributed by atoms with Crippen molar-refractivity contribution in [3.8, 4) is 0 Å². The van der Waals surface area contributed by atoms with Gasteiger partial charge in [-0.1, -0.05) is 34.1 Å². The zero-order valence-corrected chi connectivity index (χ0v) is 9.93. The second kappa shape index (κ2) is 4.00. The van der Waals surface area contributed by atoms with Crippen LogP contribution in [0, 0.1) is 17.3 Å². The molecule has 1 aliphatic rings. The smallest absolute Gasteiger partial charge is 0.00499 e. The quantitative estimate of drug-likeness (QED) is 0.647. The van der Waals surface area contributed by atoms with Crippen LogP contribution in [0.2, 0.25) is 0 Å². The van der Waals surface area contributed by atoms with Gasteiger partial charge in [0.15, 0.2) is 0 Å². The molecule has 78 valence electrons. The molecule has 1 fully saturated rings. The van der Waals surface area contributed by atoms with Crippen molar-refractivity contribution in [1.29, 1.82) is 0 Å². The molecule has 0 bridgehead atoms. The van der Waals surface area contributed by atoms with Crippen molar-refractivity contribution >= 4 is 0 Å². The van der Waals surface area contributed by atoms with Crippen LogP contribution in [0.4, 0.5) is 0 Å². The van der Waals surface area contributed by atoms with Gasteiger partial charge in [-0.2, -0.15) is 0 Å². The molecule has 0 atom stereocenters. The summed E-state index contributed by atoms with van der Waals surface area (Å²) in [6.07, 6.45) is 2.82. The van der Waals surface area contributed by atoms with Crippen LogP contribution in [0.15, 0.2) is 0 Å². The van der Waals surface area contributed by atoms with E-state index < -0.39 is 0 Å². The van der Waals surface area contributed by atoms with Crippen LogP contribution >= 0.6 is 0 Å². The molecule has 0 amide bonds. The van der Waals surface area contributed by atoms with E-state index in [1.165, 1.54) is 25.9 Å². The average molecular weight is 183 g/mol. The van der Waals surface area contributed by atoms with Gasteiger partial charge in [-0.25, -0.2) is 0 Å². The zero-order valence-electron chi connectivity index (χ0n) is 9.93. The van der Waals surface area contributed by atoms with E-state index in [0.717, 1.165) is 11.8 Å².